The number of hydrogen-bond acceptors (Lipinski definition) is 6. The molecule has 1 saturated heterocycles. The van der Waals surface area contributed by atoms with Gasteiger partial charge in [0.05, 0.1) is 48.6 Å². The number of carbonyl (C=O) groups excluding carboxylic acids is 2. The molecule has 9 heteroatoms. The van der Waals surface area contributed by atoms with E-state index in [1.807, 2.05) is 30.5 Å². The lowest BCUT2D eigenvalue weighted by atomic mass is 10.2. The lowest BCUT2D eigenvalue weighted by Crippen LogP contribution is -2.44. The van der Waals surface area contributed by atoms with Gasteiger partial charge in [0.2, 0.25) is 0 Å². The molecule has 0 bridgehead atoms. The number of nitrogens with zero attached hydrogens (tertiary/aromatic N) is 4. The monoisotopic (exact) mass is 423 g/mol. The van der Waals surface area contributed by atoms with E-state index in [9.17, 15) is 9.59 Å². The number of aromatic nitrogens is 3. The third-order valence-electron chi connectivity index (χ3n) is 5.10. The van der Waals surface area contributed by atoms with Gasteiger partial charge in [-0.3, -0.25) is 19.7 Å². The highest BCUT2D eigenvalue weighted by Crippen LogP contribution is 2.25. The largest absolute Gasteiger partial charge is 0.450 e. The molecule has 9 nitrogen and oxygen atoms in total. The van der Waals surface area contributed by atoms with Crippen molar-refractivity contribution in [1.29, 1.82) is 0 Å². The molecular weight excluding hydrogens is 398 g/mol. The Morgan fingerprint density at radius 3 is 2.87 bits per heavy atom. The second kappa shape index (κ2) is 8.73. The Morgan fingerprint density at radius 2 is 2.10 bits per heavy atom. The minimum atomic E-state index is -0.533. The average molecular weight is 423 g/mol. The molecule has 4 rings (SSSR count). The summed E-state index contributed by atoms with van der Waals surface area (Å²) in [5.74, 6) is -0.0442. The summed E-state index contributed by atoms with van der Waals surface area (Å²) in [4.78, 5) is 35.2. The molecule has 1 aliphatic rings. The predicted molar refractivity (Wildman–Crippen MR) is 116 cm³/mol. The fourth-order valence-corrected chi connectivity index (χ4v) is 3.76. The quantitative estimate of drug-likeness (QED) is 0.692. The Balaban J connectivity index is 1.64. The van der Waals surface area contributed by atoms with Crippen molar-refractivity contribution in [3.63, 3.8) is 0 Å². The number of hydrogen-bond donors (Lipinski definition) is 1. The van der Waals surface area contributed by atoms with Crippen molar-refractivity contribution in [3.8, 4) is 5.69 Å². The molecular formula is C22H25N5O4. The number of amides is 2. The number of morpholine rings is 1. The van der Waals surface area contributed by atoms with Crippen LogP contribution >= 0.6 is 0 Å². The molecule has 1 aliphatic heterocycles. The molecule has 0 unspecified atom stereocenters. The minimum Gasteiger partial charge on any atom is -0.450 e. The topological polar surface area (TPSA) is 98.6 Å². The van der Waals surface area contributed by atoms with Crippen molar-refractivity contribution in [2.75, 3.05) is 31.6 Å². The van der Waals surface area contributed by atoms with Gasteiger partial charge >= 0.3 is 6.09 Å². The van der Waals surface area contributed by atoms with Crippen LogP contribution in [0.1, 0.15) is 29.9 Å². The van der Waals surface area contributed by atoms with Crippen LogP contribution in [0.2, 0.25) is 0 Å². The van der Waals surface area contributed by atoms with Gasteiger partial charge in [0, 0.05) is 30.4 Å². The van der Waals surface area contributed by atoms with Crippen molar-refractivity contribution >= 4 is 28.7 Å². The number of carbonyl (C=O) groups is 2. The third-order valence-corrected chi connectivity index (χ3v) is 5.10. The Kier molecular flexibility index (Phi) is 5.85. The first-order valence-corrected chi connectivity index (χ1v) is 10.2. The van der Waals surface area contributed by atoms with E-state index in [2.05, 4.69) is 15.3 Å². The summed E-state index contributed by atoms with van der Waals surface area (Å²) in [5.41, 5.74) is 3.46. The SMILES string of the molecule is CCOC(=O)Nc1cncc(-n2c(C)cc3cc(C(=O)N4CCO[C@@H](C)C4)cnc32)c1. The van der Waals surface area contributed by atoms with Gasteiger partial charge in [-0.15, -0.1) is 0 Å². The van der Waals surface area contributed by atoms with Crippen molar-refractivity contribution in [2.45, 2.75) is 26.9 Å². The first-order chi connectivity index (χ1) is 15.0. The predicted octanol–water partition coefficient (Wildman–Crippen LogP) is 3.16. The number of anilines is 1. The highest BCUT2D eigenvalue weighted by Gasteiger charge is 2.23. The lowest BCUT2D eigenvalue weighted by molar-refractivity contribution is -0.0124. The Hall–Kier alpha value is -3.46. The molecule has 1 fully saturated rings. The standard InChI is InChI=1S/C22H25N5O4/c1-4-30-22(29)25-18-9-19(12-23-11-18)27-14(2)7-16-8-17(10-24-20(16)27)21(28)26-5-6-31-15(3)13-26/h7-12,15H,4-6,13H2,1-3H3,(H,25,29)/t15-/m0/s1. The molecule has 2 amide bonds. The van der Waals surface area contributed by atoms with Crippen molar-refractivity contribution < 1.29 is 19.1 Å². The fourth-order valence-electron chi connectivity index (χ4n) is 3.76. The van der Waals surface area contributed by atoms with E-state index in [0.29, 0.717) is 36.6 Å². The summed E-state index contributed by atoms with van der Waals surface area (Å²) in [6, 6.07) is 5.64. The molecule has 3 aromatic rings. The van der Waals surface area contributed by atoms with E-state index in [4.69, 9.17) is 9.47 Å². The third kappa shape index (κ3) is 4.36. The normalized spacial score (nSPS) is 16.4. The van der Waals surface area contributed by atoms with Crippen LogP contribution in [0, 0.1) is 6.92 Å². The molecule has 0 saturated carbocycles. The van der Waals surface area contributed by atoms with E-state index in [0.717, 1.165) is 16.8 Å². The van der Waals surface area contributed by atoms with Gasteiger partial charge in [0.25, 0.3) is 5.91 Å². The summed E-state index contributed by atoms with van der Waals surface area (Å²) in [6.07, 6.45) is 4.35. The summed E-state index contributed by atoms with van der Waals surface area (Å²) in [7, 11) is 0. The molecule has 3 aromatic heterocycles. The van der Waals surface area contributed by atoms with Crippen molar-refractivity contribution in [2.24, 2.45) is 0 Å². The van der Waals surface area contributed by atoms with Gasteiger partial charge < -0.3 is 14.4 Å². The second-order valence-corrected chi connectivity index (χ2v) is 7.47. The molecule has 31 heavy (non-hydrogen) atoms. The fraction of sp³-hybridized carbons (Fsp3) is 0.364. The van der Waals surface area contributed by atoms with E-state index in [-0.39, 0.29) is 18.6 Å². The number of aryl methyl sites for hydroxylation is 1. The Morgan fingerprint density at radius 1 is 1.26 bits per heavy atom. The number of fused-ring (bicyclic) bond motifs is 1. The highest BCUT2D eigenvalue weighted by atomic mass is 16.5. The van der Waals surface area contributed by atoms with Crippen LogP contribution < -0.4 is 5.32 Å². The maximum atomic E-state index is 12.9. The number of pyridine rings is 2. The van der Waals surface area contributed by atoms with E-state index >= 15 is 0 Å². The molecule has 1 N–H and O–H groups in total. The van der Waals surface area contributed by atoms with Gasteiger partial charge in [0.1, 0.15) is 5.65 Å². The zero-order valence-electron chi connectivity index (χ0n) is 17.8. The van der Waals surface area contributed by atoms with Gasteiger partial charge in [-0.2, -0.15) is 0 Å². The van der Waals surface area contributed by atoms with E-state index in [1.54, 1.807) is 36.5 Å². The zero-order chi connectivity index (χ0) is 22.0. The Labute approximate surface area is 180 Å². The maximum Gasteiger partial charge on any atom is 0.411 e. The number of nitrogens with one attached hydrogen (secondary N) is 1. The molecule has 0 spiro atoms. The van der Waals surface area contributed by atoms with Crippen LogP contribution in [0.5, 0.6) is 0 Å². The molecule has 162 valence electrons. The smallest absolute Gasteiger partial charge is 0.411 e. The van der Waals surface area contributed by atoms with E-state index < -0.39 is 6.09 Å². The molecule has 0 aliphatic carbocycles. The Bertz CT molecular complexity index is 1130. The molecule has 0 radical (unpaired) electrons. The van der Waals surface area contributed by atoms with Crippen LogP contribution in [0.3, 0.4) is 0 Å². The van der Waals surface area contributed by atoms with E-state index in [1.165, 1.54) is 0 Å². The first-order valence-electron chi connectivity index (χ1n) is 10.2. The molecule has 1 atom stereocenters. The van der Waals surface area contributed by atoms with Crippen LogP contribution in [-0.2, 0) is 9.47 Å². The maximum absolute atomic E-state index is 12.9. The van der Waals surface area contributed by atoms with Crippen LogP contribution in [0.25, 0.3) is 16.7 Å². The molecule has 4 heterocycles. The number of ether oxygens (including phenoxy) is 2. The highest BCUT2D eigenvalue weighted by molar-refractivity contribution is 5.97. The van der Waals surface area contributed by atoms with Crippen molar-refractivity contribution in [1.82, 2.24) is 19.4 Å². The number of rotatable bonds is 4. The zero-order valence-corrected chi connectivity index (χ0v) is 17.8. The summed E-state index contributed by atoms with van der Waals surface area (Å²) >= 11 is 0. The lowest BCUT2D eigenvalue weighted by Gasteiger charge is -2.31. The summed E-state index contributed by atoms with van der Waals surface area (Å²) in [5, 5.41) is 3.51. The summed E-state index contributed by atoms with van der Waals surface area (Å²) < 4.78 is 12.4. The van der Waals surface area contributed by atoms with Gasteiger partial charge in [-0.25, -0.2) is 9.78 Å². The van der Waals surface area contributed by atoms with Crippen LogP contribution in [0.4, 0.5) is 10.5 Å². The van der Waals surface area contributed by atoms with Gasteiger partial charge in [-0.1, -0.05) is 0 Å². The minimum absolute atomic E-state index is 0.0284. The second-order valence-electron chi connectivity index (χ2n) is 7.47. The van der Waals surface area contributed by atoms with Crippen molar-refractivity contribution in [3.05, 3.63) is 48.0 Å². The average Bonchev–Trinajstić information content (AvgIpc) is 3.08. The van der Waals surface area contributed by atoms with Gasteiger partial charge in [0.15, 0.2) is 0 Å². The van der Waals surface area contributed by atoms with Crippen LogP contribution in [-0.4, -0.2) is 63.8 Å². The first kappa shape index (κ1) is 20.8. The summed E-state index contributed by atoms with van der Waals surface area (Å²) in [6.45, 7) is 7.64. The molecule has 0 aromatic carbocycles. The van der Waals surface area contributed by atoms with Gasteiger partial charge in [-0.05, 0) is 39.0 Å². The van der Waals surface area contributed by atoms with Crippen LogP contribution in [0.15, 0.2) is 36.8 Å².